The van der Waals surface area contributed by atoms with E-state index < -0.39 is 11.1 Å². The zero-order chi connectivity index (χ0) is 15.0. The number of hydrogen-bond acceptors (Lipinski definition) is 4. The Balaban J connectivity index is 1.95. The van der Waals surface area contributed by atoms with Crippen LogP contribution in [0.4, 0.5) is 0 Å². The van der Waals surface area contributed by atoms with Gasteiger partial charge in [-0.2, -0.15) is 0 Å². The Morgan fingerprint density at radius 3 is 2.67 bits per heavy atom. The Kier molecular flexibility index (Phi) is 3.06. The van der Waals surface area contributed by atoms with Gasteiger partial charge in [-0.05, 0) is 12.1 Å². The van der Waals surface area contributed by atoms with E-state index in [1.165, 1.54) is 24.0 Å². The van der Waals surface area contributed by atoms with Crippen molar-refractivity contribution in [1.82, 2.24) is 9.13 Å². The van der Waals surface area contributed by atoms with E-state index >= 15 is 0 Å². The minimum atomic E-state index is -0.732. The maximum atomic E-state index is 12.2. The van der Waals surface area contributed by atoms with Gasteiger partial charge in [0.25, 0.3) is 0 Å². The lowest BCUT2D eigenvalue weighted by molar-refractivity contribution is 0.0945. The molecule has 0 radical (unpaired) electrons. The van der Waals surface area contributed by atoms with Crippen LogP contribution in [-0.4, -0.2) is 14.9 Å². The molecule has 0 aliphatic carbocycles. The molecule has 0 N–H and O–H groups in total. The Hall–Kier alpha value is -2.89. The first kappa shape index (κ1) is 13.1. The van der Waals surface area contributed by atoms with Crippen molar-refractivity contribution >= 4 is 16.8 Å². The second-order valence-corrected chi connectivity index (χ2v) is 4.72. The Morgan fingerprint density at radius 2 is 1.90 bits per heavy atom. The molecular weight excluding hydrogens is 272 g/mol. The number of carbonyl (C=O) groups is 1. The molecule has 0 bridgehead atoms. The van der Waals surface area contributed by atoms with Crippen LogP contribution in [0.5, 0.6) is 0 Å². The maximum absolute atomic E-state index is 12.2. The number of furan rings is 1. The minimum absolute atomic E-state index is 0.170. The van der Waals surface area contributed by atoms with Crippen LogP contribution in [-0.2, 0) is 13.6 Å². The van der Waals surface area contributed by atoms with Gasteiger partial charge in [-0.15, -0.1) is 0 Å². The number of aryl methyl sites for hydroxylation is 1. The van der Waals surface area contributed by atoms with Gasteiger partial charge in [0.1, 0.15) is 5.58 Å². The molecule has 0 aliphatic heterocycles. The largest absolute Gasteiger partial charge is 0.453 e. The van der Waals surface area contributed by atoms with Crippen molar-refractivity contribution in [3.8, 4) is 0 Å². The van der Waals surface area contributed by atoms with E-state index in [2.05, 4.69) is 0 Å². The van der Waals surface area contributed by atoms with Crippen LogP contribution < -0.4 is 11.1 Å². The van der Waals surface area contributed by atoms with Gasteiger partial charge in [-0.1, -0.05) is 18.2 Å². The molecule has 3 aromatic rings. The molecule has 0 amide bonds. The Bertz CT molecular complexity index is 913. The number of rotatable bonds is 3. The van der Waals surface area contributed by atoms with Crippen LogP contribution in [0.2, 0.25) is 0 Å². The molecule has 0 atom stereocenters. The predicted molar refractivity (Wildman–Crippen MR) is 76.5 cm³/mol. The van der Waals surface area contributed by atoms with Crippen LogP contribution in [0.3, 0.4) is 0 Å². The van der Waals surface area contributed by atoms with Gasteiger partial charge in [0.05, 0.1) is 6.54 Å². The van der Waals surface area contributed by atoms with Crippen LogP contribution in [0.25, 0.3) is 11.0 Å². The van der Waals surface area contributed by atoms with Crippen LogP contribution in [0, 0.1) is 0 Å². The summed E-state index contributed by atoms with van der Waals surface area (Å²) < 4.78 is 7.70. The number of nitrogens with zero attached hydrogens (tertiary/aromatic N) is 2. The molecule has 3 rings (SSSR count). The normalized spacial score (nSPS) is 10.9. The molecule has 0 fully saturated rings. The number of hydrogen-bond donors (Lipinski definition) is 0. The molecule has 21 heavy (non-hydrogen) atoms. The summed E-state index contributed by atoms with van der Waals surface area (Å²) in [5.74, 6) is -0.190. The molecule has 0 spiro atoms. The third-order valence-corrected chi connectivity index (χ3v) is 3.25. The lowest BCUT2D eigenvalue weighted by atomic mass is 10.2. The highest BCUT2D eigenvalue weighted by Gasteiger charge is 2.14. The second kappa shape index (κ2) is 4.90. The molecule has 106 valence electrons. The molecular formula is C15H12N2O4. The Labute approximate surface area is 118 Å². The second-order valence-electron chi connectivity index (χ2n) is 4.72. The average Bonchev–Trinajstić information content (AvgIpc) is 2.92. The zero-order valence-electron chi connectivity index (χ0n) is 11.3. The molecule has 2 heterocycles. The lowest BCUT2D eigenvalue weighted by Crippen LogP contribution is -2.40. The molecule has 0 saturated carbocycles. The summed E-state index contributed by atoms with van der Waals surface area (Å²) in [5.41, 5.74) is -0.795. The fourth-order valence-corrected chi connectivity index (χ4v) is 2.07. The minimum Gasteiger partial charge on any atom is -0.453 e. The highest BCUT2D eigenvalue weighted by molar-refractivity contribution is 5.97. The topological polar surface area (TPSA) is 74.2 Å². The highest BCUT2D eigenvalue weighted by Crippen LogP contribution is 2.19. The lowest BCUT2D eigenvalue weighted by Gasteiger charge is -2.03. The molecule has 0 unspecified atom stereocenters. The van der Waals surface area contributed by atoms with Crippen molar-refractivity contribution in [3.63, 3.8) is 0 Å². The van der Waals surface area contributed by atoms with Gasteiger partial charge >= 0.3 is 11.1 Å². The number of para-hydroxylation sites is 1. The van der Waals surface area contributed by atoms with Gasteiger partial charge in [0, 0.05) is 24.8 Å². The monoisotopic (exact) mass is 284 g/mol. The average molecular weight is 284 g/mol. The van der Waals surface area contributed by atoms with Crippen LogP contribution >= 0.6 is 0 Å². The van der Waals surface area contributed by atoms with Gasteiger partial charge in [0.2, 0.25) is 5.78 Å². The van der Waals surface area contributed by atoms with E-state index in [1.807, 2.05) is 18.2 Å². The van der Waals surface area contributed by atoms with E-state index in [0.717, 1.165) is 9.95 Å². The van der Waals surface area contributed by atoms with Gasteiger partial charge in [0.15, 0.2) is 5.76 Å². The molecule has 0 aliphatic rings. The molecule has 0 saturated heterocycles. The summed E-state index contributed by atoms with van der Waals surface area (Å²) in [6.07, 6.45) is 2.85. The van der Waals surface area contributed by atoms with Crippen molar-refractivity contribution in [2.75, 3.05) is 0 Å². The predicted octanol–water partition coefficient (Wildman–Crippen LogP) is 1.18. The summed E-state index contributed by atoms with van der Waals surface area (Å²) in [6, 6.07) is 8.88. The van der Waals surface area contributed by atoms with E-state index in [1.54, 1.807) is 12.1 Å². The van der Waals surface area contributed by atoms with E-state index in [-0.39, 0.29) is 18.1 Å². The van der Waals surface area contributed by atoms with Gasteiger partial charge in [-0.3, -0.25) is 14.4 Å². The summed E-state index contributed by atoms with van der Waals surface area (Å²) in [6.45, 7) is -0.227. The van der Waals surface area contributed by atoms with E-state index in [4.69, 9.17) is 4.42 Å². The molecule has 2 aromatic heterocycles. The Morgan fingerprint density at radius 1 is 1.14 bits per heavy atom. The van der Waals surface area contributed by atoms with Crippen LogP contribution in [0.1, 0.15) is 10.6 Å². The number of benzene rings is 1. The fourth-order valence-electron chi connectivity index (χ4n) is 2.07. The number of aromatic nitrogens is 2. The standard InChI is InChI=1S/C15H12N2O4/c1-16-6-7-17(15(20)14(16)19)9-11(18)13-8-10-4-2-3-5-12(10)21-13/h2-8H,9H2,1H3. The SMILES string of the molecule is Cn1ccn(CC(=O)c2cc3ccccc3o2)c(=O)c1=O. The summed E-state index contributed by atoms with van der Waals surface area (Å²) in [4.78, 5) is 35.5. The first-order valence-electron chi connectivity index (χ1n) is 6.34. The van der Waals surface area contributed by atoms with Gasteiger partial charge in [-0.25, -0.2) is 0 Å². The van der Waals surface area contributed by atoms with E-state index in [0.29, 0.717) is 5.58 Å². The van der Waals surface area contributed by atoms with Crippen molar-refractivity contribution < 1.29 is 9.21 Å². The van der Waals surface area contributed by atoms with E-state index in [9.17, 15) is 14.4 Å². The third kappa shape index (κ3) is 2.31. The van der Waals surface area contributed by atoms with Gasteiger partial charge < -0.3 is 13.6 Å². The summed E-state index contributed by atoms with van der Waals surface area (Å²) >= 11 is 0. The molecule has 6 nitrogen and oxygen atoms in total. The molecule has 1 aromatic carbocycles. The third-order valence-electron chi connectivity index (χ3n) is 3.25. The summed E-state index contributed by atoms with van der Waals surface area (Å²) in [5, 5.41) is 0.817. The molecule has 6 heteroatoms. The maximum Gasteiger partial charge on any atom is 0.316 e. The number of fused-ring (bicyclic) bond motifs is 1. The highest BCUT2D eigenvalue weighted by atomic mass is 16.3. The summed E-state index contributed by atoms with van der Waals surface area (Å²) in [7, 11) is 1.48. The quantitative estimate of drug-likeness (QED) is 0.534. The first-order chi connectivity index (χ1) is 10.1. The van der Waals surface area contributed by atoms with Crippen molar-refractivity contribution in [1.29, 1.82) is 0 Å². The number of Topliss-reactive ketones (excluding diaryl/α,β-unsaturated/α-hetero) is 1. The first-order valence-corrected chi connectivity index (χ1v) is 6.34. The fraction of sp³-hybridized carbons (Fsp3) is 0.133. The smallest absolute Gasteiger partial charge is 0.316 e. The van der Waals surface area contributed by atoms with Crippen molar-refractivity contribution in [2.45, 2.75) is 6.54 Å². The number of carbonyl (C=O) groups excluding carboxylic acids is 1. The van der Waals surface area contributed by atoms with Crippen molar-refractivity contribution in [3.05, 3.63) is 69.2 Å². The van der Waals surface area contributed by atoms with Crippen molar-refractivity contribution in [2.24, 2.45) is 7.05 Å². The van der Waals surface area contributed by atoms with Crippen LogP contribution in [0.15, 0.2) is 56.7 Å². The number of ketones is 1. The zero-order valence-corrected chi connectivity index (χ0v) is 11.3.